The van der Waals surface area contributed by atoms with Crippen LogP contribution in [0.2, 0.25) is 0 Å². The molecule has 18 heteroatoms. The molecule has 1 fully saturated rings. The Kier molecular flexibility index (Phi) is 9.31. The summed E-state index contributed by atoms with van der Waals surface area (Å²) >= 11 is 0. The molecule has 0 aliphatic carbocycles. The van der Waals surface area contributed by atoms with Crippen LogP contribution in [0, 0.1) is 12.1 Å². The molecule has 236 valence electrons. The quantitative estimate of drug-likeness (QED) is 0.0852. The summed E-state index contributed by atoms with van der Waals surface area (Å²) < 4.78 is 78.4. The molecule has 0 unspecified atom stereocenters. The molecular formula is C26H27F3N6O8S. The number of carbonyl (C=O) groups is 2. The van der Waals surface area contributed by atoms with Gasteiger partial charge in [0.2, 0.25) is 5.28 Å². The molecule has 1 aliphatic heterocycles. The molecule has 0 spiro atoms. The van der Waals surface area contributed by atoms with E-state index < -0.39 is 52.9 Å². The van der Waals surface area contributed by atoms with Gasteiger partial charge in [-0.25, -0.2) is 22.6 Å². The number of hydrogen-bond acceptors (Lipinski definition) is 10. The minimum absolute atomic E-state index is 0.0482. The van der Waals surface area contributed by atoms with Gasteiger partial charge >= 0.3 is 12.3 Å². The average molecular weight is 641 g/mol. The van der Waals surface area contributed by atoms with E-state index in [1.165, 1.54) is 12.1 Å². The fourth-order valence-corrected chi connectivity index (χ4v) is 4.95. The maximum absolute atomic E-state index is 13.5. The van der Waals surface area contributed by atoms with Gasteiger partial charge in [0.15, 0.2) is 11.7 Å². The van der Waals surface area contributed by atoms with E-state index in [2.05, 4.69) is 20.0 Å². The lowest BCUT2D eigenvalue weighted by Gasteiger charge is -2.33. The van der Waals surface area contributed by atoms with Crippen molar-refractivity contribution < 1.29 is 50.5 Å². The fourth-order valence-electron chi connectivity index (χ4n) is 3.94. The number of sulfonamides is 1. The van der Waals surface area contributed by atoms with Crippen molar-refractivity contribution in [3.05, 3.63) is 71.1 Å². The number of hydrazine groups is 1. The van der Waals surface area contributed by atoms with Crippen LogP contribution in [-0.4, -0.2) is 65.7 Å². The first-order valence-electron chi connectivity index (χ1n) is 13.0. The Morgan fingerprint density at radius 3 is 2.39 bits per heavy atom. The standard InChI is InChI=1S/C26H27F3N6O8S/c1-16(2)43-25(37)41-15-42-32-35(38)33-13-12-21(33)24(36)31-44(39,40)20-10-8-19(9-11-20)34-22(14-23(30-34)26(27,28)29)18-6-4-17(3)5-7-18/h4-11,14,16,21H,12-13,15H2,1-3H3,(H,31,36)/b35-32+/t21-/m0/s1. The van der Waals surface area contributed by atoms with Gasteiger partial charge < -0.3 is 19.5 Å². The van der Waals surface area contributed by atoms with E-state index in [1.807, 2.05) is 11.6 Å². The predicted octanol–water partition coefficient (Wildman–Crippen LogP) is 4.07. The molecule has 2 heterocycles. The highest BCUT2D eigenvalue weighted by Gasteiger charge is 2.42. The summed E-state index contributed by atoms with van der Waals surface area (Å²) in [6.45, 7) is 4.31. The van der Waals surface area contributed by atoms with Crippen LogP contribution < -0.4 is 4.72 Å². The highest BCUT2D eigenvalue weighted by molar-refractivity contribution is 7.90. The average Bonchev–Trinajstić information content (AvgIpc) is 3.37. The Hall–Kier alpha value is -4.87. The van der Waals surface area contributed by atoms with Gasteiger partial charge in [0, 0.05) is 12.0 Å². The van der Waals surface area contributed by atoms with Gasteiger partial charge in [-0.15, -0.1) is 5.01 Å². The van der Waals surface area contributed by atoms with E-state index in [0.717, 1.165) is 33.5 Å². The third kappa shape index (κ3) is 7.55. The number of hydrogen-bond donors (Lipinski definition) is 1. The fraction of sp³-hybridized carbons (Fsp3) is 0.346. The summed E-state index contributed by atoms with van der Waals surface area (Å²) in [5, 5.41) is 19.8. The van der Waals surface area contributed by atoms with E-state index in [0.29, 0.717) is 5.56 Å². The molecule has 0 radical (unpaired) electrons. The van der Waals surface area contributed by atoms with Crippen LogP contribution in [-0.2, 0) is 35.3 Å². The smallest absolute Gasteiger partial charge is 0.511 e. The topological polar surface area (TPSA) is 167 Å². The van der Waals surface area contributed by atoms with Crippen LogP contribution in [0.4, 0.5) is 18.0 Å². The van der Waals surface area contributed by atoms with Crippen molar-refractivity contribution >= 4 is 22.1 Å². The number of aromatic nitrogens is 2. The zero-order valence-electron chi connectivity index (χ0n) is 23.5. The van der Waals surface area contributed by atoms with Gasteiger partial charge in [-0.05, 0) is 51.1 Å². The summed E-state index contributed by atoms with van der Waals surface area (Å²) in [7, 11) is -4.44. The maximum Gasteiger partial charge on any atom is 0.511 e. The summed E-state index contributed by atoms with van der Waals surface area (Å²) in [5.74, 6) is -1.03. The molecule has 0 bridgehead atoms. The number of aryl methyl sites for hydroxylation is 1. The molecule has 4 rings (SSSR count). The summed E-state index contributed by atoms with van der Waals surface area (Å²) in [5.41, 5.74) is 0.492. The number of nitrogens with zero attached hydrogens (tertiary/aromatic N) is 5. The number of halogens is 3. The number of rotatable bonds is 10. The Labute approximate surface area is 249 Å². The van der Waals surface area contributed by atoms with Crippen molar-refractivity contribution in [2.75, 3.05) is 13.3 Å². The minimum Gasteiger partial charge on any atom is -0.569 e. The number of ether oxygens (including phenoxy) is 2. The van der Waals surface area contributed by atoms with Gasteiger partial charge in [0.1, 0.15) is 0 Å². The molecule has 3 aromatic rings. The van der Waals surface area contributed by atoms with Gasteiger partial charge in [-0.1, -0.05) is 29.8 Å². The first kappa shape index (κ1) is 32.1. The van der Waals surface area contributed by atoms with Crippen molar-refractivity contribution in [2.45, 2.75) is 50.4 Å². The van der Waals surface area contributed by atoms with Crippen molar-refractivity contribution in [2.24, 2.45) is 5.28 Å². The van der Waals surface area contributed by atoms with Crippen LogP contribution in [0.5, 0.6) is 0 Å². The number of benzene rings is 2. The Balaban J connectivity index is 1.44. The molecule has 44 heavy (non-hydrogen) atoms. The van der Waals surface area contributed by atoms with Crippen LogP contribution in [0.15, 0.2) is 64.8 Å². The van der Waals surface area contributed by atoms with E-state index >= 15 is 0 Å². The van der Waals surface area contributed by atoms with Crippen LogP contribution in [0.3, 0.4) is 0 Å². The molecule has 1 aromatic heterocycles. The predicted molar refractivity (Wildman–Crippen MR) is 144 cm³/mol. The molecule has 1 atom stereocenters. The monoisotopic (exact) mass is 640 g/mol. The molecule has 0 saturated carbocycles. The third-order valence-electron chi connectivity index (χ3n) is 6.18. The minimum atomic E-state index is -4.72. The summed E-state index contributed by atoms with van der Waals surface area (Å²) in [4.78, 5) is 28.1. The first-order chi connectivity index (χ1) is 20.7. The van der Waals surface area contributed by atoms with Gasteiger partial charge in [0.05, 0.1) is 33.9 Å². The zero-order chi connectivity index (χ0) is 32.2. The molecule has 1 amide bonds. The van der Waals surface area contributed by atoms with E-state index in [-0.39, 0.29) is 34.2 Å². The Bertz CT molecular complexity index is 1640. The number of nitrogens with one attached hydrogen (secondary N) is 1. The second-order valence-electron chi connectivity index (χ2n) is 9.76. The molecule has 14 nitrogen and oxygen atoms in total. The van der Waals surface area contributed by atoms with Crippen LogP contribution >= 0.6 is 0 Å². The number of alkyl halides is 3. The highest BCUT2D eigenvalue weighted by Crippen LogP contribution is 2.33. The zero-order valence-corrected chi connectivity index (χ0v) is 24.3. The maximum atomic E-state index is 13.5. The normalized spacial score (nSPS) is 15.5. The van der Waals surface area contributed by atoms with Gasteiger partial charge in [-0.3, -0.25) is 4.79 Å². The van der Waals surface area contributed by atoms with Crippen molar-refractivity contribution in [3.8, 4) is 16.9 Å². The second-order valence-corrected chi connectivity index (χ2v) is 11.4. The lowest BCUT2D eigenvalue weighted by atomic mass is 10.1. The van der Waals surface area contributed by atoms with Gasteiger partial charge in [-0.2, -0.15) is 18.3 Å². The largest absolute Gasteiger partial charge is 0.569 e. The van der Waals surface area contributed by atoms with Crippen LogP contribution in [0.1, 0.15) is 31.5 Å². The number of amides is 1. The van der Waals surface area contributed by atoms with E-state index in [1.54, 1.807) is 38.1 Å². The highest BCUT2D eigenvalue weighted by atomic mass is 32.2. The SMILES string of the molecule is Cc1ccc(-c2cc(C(F)(F)F)nn2-c2ccc(S(=O)(=O)NC(=O)[C@@H]3CCN3/[N+]([O-])=N\OCOC(=O)OC(C)C)cc2)cc1. The van der Waals surface area contributed by atoms with E-state index in [4.69, 9.17) is 4.74 Å². The van der Waals surface area contributed by atoms with Crippen LogP contribution in [0.25, 0.3) is 16.9 Å². The van der Waals surface area contributed by atoms with Gasteiger partial charge in [0.25, 0.3) is 22.7 Å². The Morgan fingerprint density at radius 1 is 1.16 bits per heavy atom. The Morgan fingerprint density at radius 2 is 1.82 bits per heavy atom. The summed E-state index contributed by atoms with van der Waals surface area (Å²) in [6.07, 6.45) is -6.09. The molecule has 2 aromatic carbocycles. The number of carbonyl (C=O) groups excluding carboxylic acids is 2. The van der Waals surface area contributed by atoms with Crippen molar-refractivity contribution in [3.63, 3.8) is 0 Å². The second kappa shape index (κ2) is 12.8. The molecule has 1 N–H and O–H groups in total. The lowest BCUT2D eigenvalue weighted by Crippen LogP contribution is -2.59. The summed E-state index contributed by atoms with van der Waals surface area (Å²) in [6, 6.07) is 11.1. The van der Waals surface area contributed by atoms with E-state index in [9.17, 15) is 36.4 Å². The molecule has 1 saturated heterocycles. The van der Waals surface area contributed by atoms with Crippen molar-refractivity contribution in [1.82, 2.24) is 19.5 Å². The molecule has 1 aliphatic rings. The first-order valence-corrected chi connectivity index (χ1v) is 14.5. The molecular weight excluding hydrogens is 613 g/mol. The lowest BCUT2D eigenvalue weighted by molar-refractivity contribution is -0.729. The third-order valence-corrected chi connectivity index (χ3v) is 7.54. The van der Waals surface area contributed by atoms with Crippen molar-refractivity contribution in [1.29, 1.82) is 0 Å².